The Morgan fingerprint density at radius 1 is 1.08 bits per heavy atom. The number of carbonyl (C=O) groups is 1. The molecule has 2 aliphatic heterocycles. The van der Waals surface area contributed by atoms with Crippen LogP contribution in [0.25, 0.3) is 11.1 Å². The largest absolute Gasteiger partial charge is 0.477 e. The second-order valence-corrected chi connectivity index (χ2v) is 10.5. The molecule has 1 aromatic carbocycles. The first-order valence-electron chi connectivity index (χ1n) is 13.6. The van der Waals surface area contributed by atoms with Gasteiger partial charge >= 0.3 is 6.09 Å². The van der Waals surface area contributed by atoms with Gasteiger partial charge in [0.15, 0.2) is 0 Å². The molecule has 1 unspecified atom stereocenters. The van der Waals surface area contributed by atoms with E-state index in [-0.39, 0.29) is 24.4 Å². The van der Waals surface area contributed by atoms with Crippen molar-refractivity contribution in [1.82, 2.24) is 14.9 Å². The summed E-state index contributed by atoms with van der Waals surface area (Å²) < 4.78 is 16.7. The number of hydrogen-bond donors (Lipinski definition) is 1. The molecule has 1 saturated carbocycles. The number of nitrogens with zero attached hydrogens (tertiary/aromatic N) is 4. The molecule has 0 radical (unpaired) electrons. The number of amides is 1. The number of ether oxygens (including phenoxy) is 3. The van der Waals surface area contributed by atoms with Crippen LogP contribution in [0.3, 0.4) is 0 Å². The van der Waals surface area contributed by atoms with Gasteiger partial charge in [0.05, 0.1) is 32.5 Å². The summed E-state index contributed by atoms with van der Waals surface area (Å²) in [4.78, 5) is 25.5. The highest BCUT2D eigenvalue weighted by Gasteiger charge is 2.28. The minimum Gasteiger partial charge on any atom is -0.477 e. The number of rotatable bonds is 7. The molecule has 2 saturated heterocycles. The van der Waals surface area contributed by atoms with Crippen molar-refractivity contribution in [3.05, 3.63) is 30.5 Å². The zero-order valence-corrected chi connectivity index (χ0v) is 23.3. The summed E-state index contributed by atoms with van der Waals surface area (Å²) in [5, 5.41) is 3.54. The lowest BCUT2D eigenvalue weighted by molar-refractivity contribution is 0.122. The number of likely N-dealkylation sites (tertiary alicyclic amines) is 1. The molecule has 3 fully saturated rings. The van der Waals surface area contributed by atoms with Gasteiger partial charge in [-0.15, -0.1) is 12.4 Å². The number of methoxy groups -OCH3 is 1. The molecule has 3 heterocycles. The van der Waals surface area contributed by atoms with Crippen molar-refractivity contribution in [1.29, 1.82) is 0 Å². The minimum absolute atomic E-state index is 0. The normalized spacial score (nSPS) is 23.5. The highest BCUT2D eigenvalue weighted by Crippen LogP contribution is 2.32. The molecule has 0 bridgehead atoms. The number of anilines is 2. The molecular weight excluding hydrogens is 506 g/mol. The van der Waals surface area contributed by atoms with Crippen LogP contribution in [0.15, 0.2) is 30.5 Å². The summed E-state index contributed by atoms with van der Waals surface area (Å²) in [7, 11) is 1.42. The van der Waals surface area contributed by atoms with E-state index in [0.29, 0.717) is 37.6 Å². The third-order valence-corrected chi connectivity index (χ3v) is 7.83. The SMILES string of the molecule is COC(=O)N1CCC(COc2nc(NC3CCC(C)CC3)ncc2-c2ccc(N3CCOCC3)cc2)C1.Cl. The number of morpholine rings is 1. The van der Waals surface area contributed by atoms with E-state index >= 15 is 0 Å². The van der Waals surface area contributed by atoms with Gasteiger partial charge in [-0.2, -0.15) is 4.98 Å². The van der Waals surface area contributed by atoms with Gasteiger partial charge in [0.2, 0.25) is 11.8 Å². The quantitative estimate of drug-likeness (QED) is 0.527. The van der Waals surface area contributed by atoms with E-state index in [4.69, 9.17) is 19.2 Å². The molecule has 0 spiro atoms. The zero-order valence-electron chi connectivity index (χ0n) is 22.4. The predicted octanol–water partition coefficient (Wildman–Crippen LogP) is 4.86. The maximum atomic E-state index is 11.9. The summed E-state index contributed by atoms with van der Waals surface area (Å²) in [6.07, 6.45) is 7.21. The summed E-state index contributed by atoms with van der Waals surface area (Å²) in [6.45, 7) is 7.46. The Bertz CT molecular complexity index is 1040. The molecule has 208 valence electrons. The Labute approximate surface area is 231 Å². The summed E-state index contributed by atoms with van der Waals surface area (Å²) in [6, 6.07) is 8.91. The average molecular weight is 546 g/mol. The maximum absolute atomic E-state index is 11.9. The molecule has 1 aliphatic carbocycles. The fraction of sp³-hybridized carbons (Fsp3) is 0.607. The van der Waals surface area contributed by atoms with Crippen LogP contribution >= 0.6 is 12.4 Å². The van der Waals surface area contributed by atoms with Crippen LogP contribution < -0.4 is 15.0 Å². The maximum Gasteiger partial charge on any atom is 0.409 e. The van der Waals surface area contributed by atoms with E-state index < -0.39 is 0 Å². The highest BCUT2D eigenvalue weighted by molar-refractivity contribution is 5.85. The first-order valence-corrected chi connectivity index (χ1v) is 13.6. The molecule has 9 nitrogen and oxygen atoms in total. The van der Waals surface area contributed by atoms with Crippen molar-refractivity contribution in [2.75, 3.05) is 63.3 Å². The smallest absolute Gasteiger partial charge is 0.409 e. The van der Waals surface area contributed by atoms with E-state index in [0.717, 1.165) is 62.6 Å². The minimum atomic E-state index is -0.279. The van der Waals surface area contributed by atoms with E-state index in [2.05, 4.69) is 46.4 Å². The molecule has 38 heavy (non-hydrogen) atoms. The van der Waals surface area contributed by atoms with Crippen molar-refractivity contribution in [3.63, 3.8) is 0 Å². The van der Waals surface area contributed by atoms with E-state index in [1.54, 1.807) is 4.90 Å². The van der Waals surface area contributed by atoms with Crippen molar-refractivity contribution >= 4 is 30.1 Å². The van der Waals surface area contributed by atoms with Gasteiger partial charge in [-0.25, -0.2) is 9.78 Å². The third-order valence-electron chi connectivity index (χ3n) is 7.83. The van der Waals surface area contributed by atoms with E-state index in [1.807, 2.05) is 6.20 Å². The second-order valence-electron chi connectivity index (χ2n) is 10.5. The van der Waals surface area contributed by atoms with Crippen LogP contribution in [0.5, 0.6) is 5.88 Å². The third kappa shape index (κ3) is 6.99. The molecule has 1 amide bonds. The average Bonchev–Trinajstić information content (AvgIpc) is 3.43. The van der Waals surface area contributed by atoms with E-state index in [1.165, 1.54) is 25.6 Å². The van der Waals surface area contributed by atoms with Gasteiger partial charge in [-0.1, -0.05) is 19.1 Å². The summed E-state index contributed by atoms with van der Waals surface area (Å²) in [5.41, 5.74) is 3.08. The van der Waals surface area contributed by atoms with Crippen molar-refractivity contribution in [2.45, 2.75) is 45.1 Å². The Morgan fingerprint density at radius 3 is 2.53 bits per heavy atom. The predicted molar refractivity (Wildman–Crippen MR) is 150 cm³/mol. The van der Waals surface area contributed by atoms with Gasteiger partial charge in [0.1, 0.15) is 0 Å². The molecular formula is C28H40ClN5O4. The molecule has 5 rings (SSSR count). The Morgan fingerprint density at radius 2 is 1.82 bits per heavy atom. The van der Waals surface area contributed by atoms with Crippen molar-refractivity contribution in [2.24, 2.45) is 11.8 Å². The number of benzene rings is 1. The molecule has 1 atom stereocenters. The summed E-state index contributed by atoms with van der Waals surface area (Å²) >= 11 is 0. The standard InChI is InChI=1S/C28H39N5O4.ClH/c1-20-3-7-23(8-4-20)30-27-29-17-25(22-5-9-24(10-6-22)32-13-15-36-16-14-32)26(31-27)37-19-21-11-12-33(18-21)28(34)35-2;/h5-6,9-10,17,20-21,23H,3-4,7-8,11-16,18-19H2,1-2H3,(H,29,30,31);1H. The summed E-state index contributed by atoms with van der Waals surface area (Å²) in [5.74, 6) is 2.22. The van der Waals surface area contributed by atoms with Gasteiger partial charge in [0, 0.05) is 50.0 Å². The van der Waals surface area contributed by atoms with Crippen LogP contribution in [-0.4, -0.2) is 80.1 Å². The van der Waals surface area contributed by atoms with Gasteiger partial charge in [0.25, 0.3) is 0 Å². The lowest BCUT2D eigenvalue weighted by atomic mass is 9.87. The molecule has 3 aliphatic rings. The number of carbonyl (C=O) groups excluding carboxylic acids is 1. The molecule has 1 N–H and O–H groups in total. The lowest BCUT2D eigenvalue weighted by Gasteiger charge is -2.29. The molecule has 1 aromatic heterocycles. The Balaban J connectivity index is 0.00000336. The molecule has 10 heteroatoms. The van der Waals surface area contributed by atoms with Crippen molar-refractivity contribution in [3.8, 4) is 17.0 Å². The lowest BCUT2D eigenvalue weighted by Crippen LogP contribution is -2.36. The fourth-order valence-electron chi connectivity index (χ4n) is 5.46. The first-order chi connectivity index (χ1) is 18.1. The van der Waals surface area contributed by atoms with Crippen LogP contribution in [0.1, 0.15) is 39.0 Å². The first kappa shape index (κ1) is 28.2. The van der Waals surface area contributed by atoms with E-state index in [9.17, 15) is 4.79 Å². The van der Waals surface area contributed by atoms with Gasteiger partial charge in [-0.3, -0.25) is 0 Å². The number of aromatic nitrogens is 2. The van der Waals surface area contributed by atoms with Crippen LogP contribution in [0, 0.1) is 11.8 Å². The monoisotopic (exact) mass is 545 g/mol. The van der Waals surface area contributed by atoms with Gasteiger partial charge < -0.3 is 29.3 Å². The van der Waals surface area contributed by atoms with Gasteiger partial charge in [-0.05, 0) is 55.7 Å². The Kier molecular flexibility index (Phi) is 9.91. The number of nitrogens with one attached hydrogen (secondary N) is 1. The molecule has 2 aromatic rings. The Hall–Kier alpha value is -2.78. The van der Waals surface area contributed by atoms with Crippen LogP contribution in [-0.2, 0) is 9.47 Å². The number of halogens is 1. The zero-order chi connectivity index (χ0) is 25.6. The highest BCUT2D eigenvalue weighted by atomic mass is 35.5. The van der Waals surface area contributed by atoms with Crippen LogP contribution in [0.4, 0.5) is 16.4 Å². The second kappa shape index (κ2) is 13.3. The van der Waals surface area contributed by atoms with Crippen LogP contribution in [0.2, 0.25) is 0 Å². The number of hydrogen-bond acceptors (Lipinski definition) is 8. The fourth-order valence-corrected chi connectivity index (χ4v) is 5.46. The topological polar surface area (TPSA) is 89.0 Å². The van der Waals surface area contributed by atoms with Crippen molar-refractivity contribution < 1.29 is 19.0 Å².